The predicted octanol–water partition coefficient (Wildman–Crippen LogP) is 0.625. The Morgan fingerprint density at radius 2 is 1.94 bits per heavy atom. The summed E-state index contributed by atoms with van der Waals surface area (Å²) in [5.41, 5.74) is 1.35. The average Bonchev–Trinajstić information content (AvgIpc) is 2.34. The van der Waals surface area contributed by atoms with E-state index in [1.54, 1.807) is 14.2 Å². The molecule has 1 aliphatic heterocycles. The lowest BCUT2D eigenvalue weighted by atomic mass is 10.2. The average molecular weight is 226 g/mol. The molecule has 0 aromatic rings. The van der Waals surface area contributed by atoms with Gasteiger partial charge in [-0.15, -0.1) is 0 Å². The molecule has 0 spiro atoms. The van der Waals surface area contributed by atoms with E-state index < -0.39 is 0 Å². The van der Waals surface area contributed by atoms with E-state index in [4.69, 9.17) is 9.47 Å². The Hall–Kier alpha value is -0.840. The number of methoxy groups -OCH3 is 2. The van der Waals surface area contributed by atoms with Gasteiger partial charge >= 0.3 is 0 Å². The molecule has 0 aromatic carbocycles. The van der Waals surface area contributed by atoms with Gasteiger partial charge in [-0.25, -0.2) is 0 Å². The molecule has 0 aromatic heterocycles. The van der Waals surface area contributed by atoms with Crippen LogP contribution in [0, 0.1) is 0 Å². The van der Waals surface area contributed by atoms with E-state index in [2.05, 4.69) is 22.4 Å². The van der Waals surface area contributed by atoms with Crippen molar-refractivity contribution in [1.82, 2.24) is 10.2 Å². The standard InChI is InChI=1S/C12H22N2O2/c1-15-9-7-14(8-10-16-2)11-12-3-5-13-6-4-12/h3-5,13H,6-11H2,1-2H3. The Morgan fingerprint density at radius 3 is 2.44 bits per heavy atom. The van der Waals surface area contributed by atoms with Crippen LogP contribution in [0.25, 0.3) is 0 Å². The highest BCUT2D eigenvalue weighted by molar-refractivity contribution is 5.23. The third-order valence-electron chi connectivity index (χ3n) is 2.53. The van der Waals surface area contributed by atoms with Crippen LogP contribution >= 0.6 is 0 Å². The van der Waals surface area contributed by atoms with Crippen molar-refractivity contribution >= 4 is 0 Å². The molecular formula is C12H22N2O2. The Bertz CT molecular complexity index is 231. The van der Waals surface area contributed by atoms with Gasteiger partial charge in [0.15, 0.2) is 0 Å². The molecule has 1 heterocycles. The van der Waals surface area contributed by atoms with Crippen LogP contribution in [0.1, 0.15) is 0 Å². The summed E-state index contributed by atoms with van der Waals surface area (Å²) in [6.07, 6.45) is 6.34. The van der Waals surface area contributed by atoms with Crippen molar-refractivity contribution in [1.29, 1.82) is 0 Å². The fraction of sp³-hybridized carbons (Fsp3) is 0.667. The molecule has 4 nitrogen and oxygen atoms in total. The summed E-state index contributed by atoms with van der Waals surface area (Å²) in [4.78, 5) is 2.34. The first-order chi connectivity index (χ1) is 7.86. The molecule has 0 bridgehead atoms. The second-order valence-corrected chi connectivity index (χ2v) is 3.78. The maximum absolute atomic E-state index is 5.11. The van der Waals surface area contributed by atoms with Crippen LogP contribution in [0.4, 0.5) is 0 Å². The minimum Gasteiger partial charge on any atom is -0.387 e. The Kier molecular flexibility index (Phi) is 6.88. The lowest BCUT2D eigenvalue weighted by molar-refractivity contribution is 0.120. The molecule has 0 radical (unpaired) electrons. The third kappa shape index (κ3) is 5.30. The van der Waals surface area contributed by atoms with E-state index in [1.807, 2.05) is 6.20 Å². The molecule has 92 valence electrons. The molecule has 0 atom stereocenters. The quantitative estimate of drug-likeness (QED) is 0.658. The highest BCUT2D eigenvalue weighted by atomic mass is 16.5. The van der Waals surface area contributed by atoms with Gasteiger partial charge in [0, 0.05) is 40.4 Å². The predicted molar refractivity (Wildman–Crippen MR) is 65.4 cm³/mol. The van der Waals surface area contributed by atoms with Gasteiger partial charge in [-0.3, -0.25) is 4.90 Å². The topological polar surface area (TPSA) is 33.7 Å². The van der Waals surface area contributed by atoms with Crippen molar-refractivity contribution in [2.24, 2.45) is 0 Å². The van der Waals surface area contributed by atoms with Crippen LogP contribution in [0.5, 0.6) is 0 Å². The van der Waals surface area contributed by atoms with E-state index in [-0.39, 0.29) is 0 Å². The van der Waals surface area contributed by atoms with Crippen LogP contribution in [0.2, 0.25) is 0 Å². The molecule has 1 rings (SSSR count). The molecule has 0 saturated carbocycles. The van der Waals surface area contributed by atoms with Gasteiger partial charge < -0.3 is 14.8 Å². The minimum atomic E-state index is 0.763. The Morgan fingerprint density at radius 1 is 1.25 bits per heavy atom. The summed E-state index contributed by atoms with van der Waals surface area (Å²) >= 11 is 0. The van der Waals surface area contributed by atoms with Crippen LogP contribution in [0.3, 0.4) is 0 Å². The zero-order valence-electron chi connectivity index (χ0n) is 10.2. The first-order valence-electron chi connectivity index (χ1n) is 5.66. The molecule has 0 aliphatic carbocycles. The summed E-state index contributed by atoms with van der Waals surface area (Å²) in [7, 11) is 3.47. The molecule has 1 aliphatic rings. The molecule has 16 heavy (non-hydrogen) atoms. The maximum Gasteiger partial charge on any atom is 0.0589 e. The van der Waals surface area contributed by atoms with Crippen molar-refractivity contribution < 1.29 is 9.47 Å². The summed E-state index contributed by atoms with van der Waals surface area (Å²) < 4.78 is 10.2. The molecule has 0 unspecified atom stereocenters. The molecule has 1 N–H and O–H groups in total. The van der Waals surface area contributed by atoms with Gasteiger partial charge in [0.1, 0.15) is 0 Å². The maximum atomic E-state index is 5.11. The van der Waals surface area contributed by atoms with Crippen molar-refractivity contribution in [3.8, 4) is 0 Å². The number of dihydropyridines is 1. The van der Waals surface area contributed by atoms with E-state index in [9.17, 15) is 0 Å². The van der Waals surface area contributed by atoms with E-state index in [1.165, 1.54) is 5.57 Å². The number of nitrogens with zero attached hydrogens (tertiary/aromatic N) is 1. The lowest BCUT2D eigenvalue weighted by Crippen LogP contribution is -2.33. The monoisotopic (exact) mass is 226 g/mol. The fourth-order valence-corrected chi connectivity index (χ4v) is 1.58. The Labute approximate surface area is 97.9 Å². The highest BCUT2D eigenvalue weighted by Gasteiger charge is 2.07. The van der Waals surface area contributed by atoms with Gasteiger partial charge in [0.25, 0.3) is 0 Å². The number of hydrogen-bond acceptors (Lipinski definition) is 4. The lowest BCUT2D eigenvalue weighted by Gasteiger charge is -2.23. The smallest absolute Gasteiger partial charge is 0.0589 e. The molecular weight excluding hydrogens is 204 g/mol. The fourth-order valence-electron chi connectivity index (χ4n) is 1.58. The summed E-state index contributed by atoms with van der Waals surface area (Å²) in [6.45, 7) is 5.30. The zero-order chi connectivity index (χ0) is 11.6. The highest BCUT2D eigenvalue weighted by Crippen LogP contribution is 2.03. The summed E-state index contributed by atoms with van der Waals surface area (Å²) in [5, 5.41) is 3.15. The molecule has 4 heteroatoms. The van der Waals surface area contributed by atoms with Crippen LogP contribution in [-0.2, 0) is 9.47 Å². The summed E-state index contributed by atoms with van der Waals surface area (Å²) in [6, 6.07) is 0. The van der Waals surface area contributed by atoms with Gasteiger partial charge in [-0.1, -0.05) is 6.08 Å². The third-order valence-corrected chi connectivity index (χ3v) is 2.53. The van der Waals surface area contributed by atoms with Crippen molar-refractivity contribution in [3.05, 3.63) is 23.9 Å². The zero-order valence-corrected chi connectivity index (χ0v) is 10.2. The normalized spacial score (nSPS) is 15.1. The number of rotatable bonds is 8. The van der Waals surface area contributed by atoms with E-state index in [0.29, 0.717) is 0 Å². The van der Waals surface area contributed by atoms with Gasteiger partial charge in [-0.05, 0) is 17.8 Å². The number of ether oxygens (including phenoxy) is 2. The largest absolute Gasteiger partial charge is 0.387 e. The molecule has 0 fully saturated rings. The van der Waals surface area contributed by atoms with Crippen molar-refractivity contribution in [2.45, 2.75) is 0 Å². The SMILES string of the molecule is COCCN(CCOC)CC1=CCNC=C1. The first kappa shape index (κ1) is 13.2. The summed E-state index contributed by atoms with van der Waals surface area (Å²) in [5.74, 6) is 0. The minimum absolute atomic E-state index is 0.763. The van der Waals surface area contributed by atoms with Crippen molar-refractivity contribution in [3.63, 3.8) is 0 Å². The van der Waals surface area contributed by atoms with Gasteiger partial charge in [0.2, 0.25) is 0 Å². The van der Waals surface area contributed by atoms with Gasteiger partial charge in [-0.2, -0.15) is 0 Å². The first-order valence-corrected chi connectivity index (χ1v) is 5.66. The van der Waals surface area contributed by atoms with Gasteiger partial charge in [0.05, 0.1) is 13.2 Å². The second-order valence-electron chi connectivity index (χ2n) is 3.78. The molecule has 0 saturated heterocycles. The van der Waals surface area contributed by atoms with E-state index in [0.717, 1.165) is 39.4 Å². The molecule has 0 amide bonds. The van der Waals surface area contributed by atoms with Crippen LogP contribution < -0.4 is 5.32 Å². The number of nitrogens with one attached hydrogen (secondary N) is 1. The number of hydrogen-bond donors (Lipinski definition) is 1. The van der Waals surface area contributed by atoms with Crippen LogP contribution in [-0.4, -0.2) is 58.5 Å². The Balaban J connectivity index is 2.35. The van der Waals surface area contributed by atoms with E-state index >= 15 is 0 Å². The van der Waals surface area contributed by atoms with Crippen LogP contribution in [0.15, 0.2) is 23.9 Å². The van der Waals surface area contributed by atoms with Crippen molar-refractivity contribution in [2.75, 3.05) is 53.6 Å². The second kappa shape index (κ2) is 8.33.